The van der Waals surface area contributed by atoms with Crippen LogP contribution in [0, 0.1) is 0 Å². The Bertz CT molecular complexity index is 683. The third kappa shape index (κ3) is 3.50. The molecular weight excluding hydrogens is 336 g/mol. The second kappa shape index (κ2) is 7.74. The van der Waals surface area contributed by atoms with Crippen LogP contribution in [0.1, 0.15) is 13.3 Å². The highest BCUT2D eigenvalue weighted by Crippen LogP contribution is 2.19. The van der Waals surface area contributed by atoms with Crippen molar-refractivity contribution in [3.8, 4) is 5.75 Å². The minimum atomic E-state index is -0.701. The van der Waals surface area contributed by atoms with Gasteiger partial charge >= 0.3 is 17.8 Å². The van der Waals surface area contributed by atoms with Crippen LogP contribution in [-0.2, 0) is 9.59 Å². The molecule has 2 aliphatic heterocycles. The number of carbonyl (C=O) groups excluding carboxylic acids is 3. The average Bonchev–Trinajstić information content (AvgIpc) is 2.87. The molecule has 0 aliphatic carbocycles. The van der Waals surface area contributed by atoms with Crippen molar-refractivity contribution >= 4 is 23.5 Å². The zero-order valence-corrected chi connectivity index (χ0v) is 15.2. The maximum atomic E-state index is 12.3. The molecule has 0 unspecified atom stereocenters. The Hall–Kier alpha value is -2.61. The highest BCUT2D eigenvalue weighted by molar-refractivity contribution is 6.44. The Kier molecular flexibility index (Phi) is 5.41. The molecule has 2 aliphatic rings. The normalized spacial score (nSPS) is 18.8. The molecule has 0 radical (unpaired) electrons. The van der Waals surface area contributed by atoms with Crippen molar-refractivity contribution in [3.63, 3.8) is 0 Å². The van der Waals surface area contributed by atoms with Gasteiger partial charge in [-0.2, -0.15) is 0 Å². The van der Waals surface area contributed by atoms with Crippen LogP contribution in [-0.4, -0.2) is 74.1 Å². The number of nitrogens with zero attached hydrogens (tertiary/aromatic N) is 3. The summed E-state index contributed by atoms with van der Waals surface area (Å²) >= 11 is 0. The van der Waals surface area contributed by atoms with Crippen molar-refractivity contribution in [2.24, 2.45) is 0 Å². The maximum absolute atomic E-state index is 12.3. The Morgan fingerprint density at radius 2 is 1.62 bits per heavy atom. The number of hydrogen-bond donors (Lipinski definition) is 1. The van der Waals surface area contributed by atoms with Gasteiger partial charge in [0.25, 0.3) is 0 Å². The highest BCUT2D eigenvalue weighted by Gasteiger charge is 2.45. The quantitative estimate of drug-likeness (QED) is 0.549. The van der Waals surface area contributed by atoms with Crippen molar-refractivity contribution in [2.45, 2.75) is 13.3 Å². The number of carbonyl (C=O) groups is 3. The fourth-order valence-corrected chi connectivity index (χ4v) is 3.37. The van der Waals surface area contributed by atoms with Gasteiger partial charge in [-0.3, -0.25) is 14.5 Å². The van der Waals surface area contributed by atoms with Crippen LogP contribution in [0.25, 0.3) is 0 Å². The molecule has 1 aromatic carbocycles. The minimum absolute atomic E-state index is 0.250. The van der Waals surface area contributed by atoms with Crippen LogP contribution in [0.4, 0.5) is 10.5 Å². The molecule has 4 amide bonds. The lowest BCUT2D eigenvalue weighted by Gasteiger charge is -2.34. The number of imide groups is 2. The summed E-state index contributed by atoms with van der Waals surface area (Å²) in [6.45, 7) is 5.66. The number of anilines is 1. The zero-order valence-electron chi connectivity index (χ0n) is 15.2. The summed E-state index contributed by atoms with van der Waals surface area (Å²) in [6, 6.07) is 7.44. The van der Waals surface area contributed by atoms with Gasteiger partial charge in [0.1, 0.15) is 5.75 Å². The predicted molar refractivity (Wildman–Crippen MR) is 95.0 cm³/mol. The lowest BCUT2D eigenvalue weighted by molar-refractivity contribution is -0.907. The molecule has 3 rings (SSSR count). The van der Waals surface area contributed by atoms with Crippen LogP contribution in [0.15, 0.2) is 24.3 Å². The lowest BCUT2D eigenvalue weighted by atomic mass is 10.2. The van der Waals surface area contributed by atoms with Crippen LogP contribution < -0.4 is 14.5 Å². The predicted octanol–water partition coefficient (Wildman–Crippen LogP) is -0.442. The molecule has 1 aromatic rings. The van der Waals surface area contributed by atoms with Gasteiger partial charge in [-0.25, -0.2) is 9.69 Å². The van der Waals surface area contributed by atoms with E-state index in [4.69, 9.17) is 4.74 Å². The topological polar surface area (TPSA) is 74.6 Å². The zero-order chi connectivity index (χ0) is 18.7. The van der Waals surface area contributed by atoms with Gasteiger partial charge in [-0.05, 0) is 30.7 Å². The maximum Gasteiger partial charge on any atom is 0.338 e. The molecule has 2 fully saturated rings. The van der Waals surface area contributed by atoms with Gasteiger partial charge in [0.15, 0.2) is 6.67 Å². The molecule has 140 valence electrons. The van der Waals surface area contributed by atoms with Crippen LogP contribution in [0.2, 0.25) is 0 Å². The molecule has 0 aromatic heterocycles. The van der Waals surface area contributed by atoms with Gasteiger partial charge in [-0.15, -0.1) is 0 Å². The van der Waals surface area contributed by atoms with Crippen molar-refractivity contribution in [1.82, 2.24) is 9.80 Å². The molecule has 2 heterocycles. The molecule has 8 nitrogen and oxygen atoms in total. The molecule has 0 saturated carbocycles. The summed E-state index contributed by atoms with van der Waals surface area (Å²) in [5.41, 5.74) is 1.13. The number of benzene rings is 1. The number of ether oxygens (including phenoxy) is 1. The van der Waals surface area contributed by atoms with E-state index in [1.54, 1.807) is 7.11 Å². The number of hydrogen-bond acceptors (Lipinski definition) is 5. The smallest absolute Gasteiger partial charge is 0.338 e. The molecule has 0 atom stereocenters. The van der Waals surface area contributed by atoms with Crippen molar-refractivity contribution < 1.29 is 24.0 Å². The Labute approximate surface area is 152 Å². The number of piperazine rings is 1. The van der Waals surface area contributed by atoms with Crippen molar-refractivity contribution in [3.05, 3.63) is 24.3 Å². The van der Waals surface area contributed by atoms with Gasteiger partial charge < -0.3 is 14.5 Å². The molecule has 26 heavy (non-hydrogen) atoms. The standard InChI is InChI=1S/C18H24N4O4/c1-3-8-21-16(23)17(24)22(18(21)25)13-19-9-11-20(12-10-19)14-4-6-15(26-2)7-5-14/h4-7H,3,8-13H2,1-2H3/p+1. The summed E-state index contributed by atoms with van der Waals surface area (Å²) in [6.07, 6.45) is 0.645. The van der Waals surface area contributed by atoms with Gasteiger partial charge in [0, 0.05) is 12.2 Å². The van der Waals surface area contributed by atoms with Gasteiger partial charge in [0.05, 0.1) is 33.3 Å². The Balaban J connectivity index is 1.56. The first-order valence-electron chi connectivity index (χ1n) is 8.95. The first kappa shape index (κ1) is 18.2. The van der Waals surface area contributed by atoms with Gasteiger partial charge in [0.2, 0.25) is 0 Å². The SMILES string of the molecule is CCCN1C(=O)C(=O)N(C[NH+]2CCN(c3ccc(OC)cc3)CC2)C1=O. The molecule has 1 N–H and O–H groups in total. The molecule has 8 heteroatoms. The number of nitrogens with one attached hydrogen (secondary N) is 1. The monoisotopic (exact) mass is 361 g/mol. The summed E-state index contributed by atoms with van der Waals surface area (Å²) in [5, 5.41) is 0. The molecule has 0 bridgehead atoms. The second-order valence-corrected chi connectivity index (χ2v) is 6.57. The second-order valence-electron chi connectivity index (χ2n) is 6.57. The highest BCUT2D eigenvalue weighted by atomic mass is 16.5. The summed E-state index contributed by atoms with van der Waals surface area (Å²) in [7, 11) is 1.64. The summed E-state index contributed by atoms with van der Waals surface area (Å²) in [5.74, 6) is -0.577. The summed E-state index contributed by atoms with van der Waals surface area (Å²) in [4.78, 5) is 41.9. The van der Waals surface area contributed by atoms with E-state index in [2.05, 4.69) is 4.90 Å². The Morgan fingerprint density at radius 3 is 2.19 bits per heavy atom. The molecule has 0 spiro atoms. The Morgan fingerprint density at radius 1 is 1.00 bits per heavy atom. The van der Waals surface area contributed by atoms with Crippen LogP contribution >= 0.6 is 0 Å². The van der Waals surface area contributed by atoms with E-state index in [9.17, 15) is 14.4 Å². The van der Waals surface area contributed by atoms with Crippen molar-refractivity contribution in [1.29, 1.82) is 0 Å². The fourth-order valence-electron chi connectivity index (χ4n) is 3.37. The van der Waals surface area contributed by atoms with Crippen molar-refractivity contribution in [2.75, 3.05) is 51.4 Å². The minimum Gasteiger partial charge on any atom is -0.497 e. The third-order valence-electron chi connectivity index (χ3n) is 4.87. The average molecular weight is 361 g/mol. The molecular formula is C18H25N4O4+. The van der Waals surface area contributed by atoms with E-state index < -0.39 is 17.8 Å². The van der Waals surface area contributed by atoms with E-state index in [1.807, 2.05) is 31.2 Å². The van der Waals surface area contributed by atoms with E-state index in [1.165, 1.54) is 0 Å². The number of quaternary nitrogens is 1. The van der Waals surface area contributed by atoms with E-state index in [0.717, 1.165) is 52.3 Å². The number of methoxy groups -OCH3 is 1. The lowest BCUT2D eigenvalue weighted by Crippen LogP contribution is -3.16. The molecule has 2 saturated heterocycles. The van der Waals surface area contributed by atoms with E-state index >= 15 is 0 Å². The van der Waals surface area contributed by atoms with E-state index in [0.29, 0.717) is 13.0 Å². The number of amides is 4. The van der Waals surface area contributed by atoms with Crippen LogP contribution in [0.3, 0.4) is 0 Å². The first-order chi connectivity index (χ1) is 12.5. The fraction of sp³-hybridized carbons (Fsp3) is 0.500. The first-order valence-corrected chi connectivity index (χ1v) is 8.95. The van der Waals surface area contributed by atoms with Gasteiger partial charge in [-0.1, -0.05) is 6.92 Å². The van der Waals surface area contributed by atoms with Crippen LogP contribution in [0.5, 0.6) is 5.75 Å². The number of rotatable bonds is 6. The van der Waals surface area contributed by atoms with E-state index in [-0.39, 0.29) is 6.67 Å². The summed E-state index contributed by atoms with van der Waals surface area (Å²) < 4.78 is 5.18. The third-order valence-corrected chi connectivity index (χ3v) is 4.87. The largest absolute Gasteiger partial charge is 0.497 e. The number of urea groups is 1.